The molecule has 8 heteroatoms. The van der Waals surface area contributed by atoms with E-state index in [4.69, 9.17) is 4.52 Å². The molecule has 0 rings (SSSR count). The van der Waals surface area contributed by atoms with Crippen LogP contribution in [0.5, 0.6) is 0 Å². The van der Waals surface area contributed by atoms with Gasteiger partial charge in [-0.15, -0.1) is 0 Å². The molecular weight excluding hydrogens is 451 g/mol. The van der Waals surface area contributed by atoms with Gasteiger partial charge >= 0.3 is 7.60 Å². The van der Waals surface area contributed by atoms with Crippen LogP contribution in [0.25, 0.3) is 0 Å². The number of hydrogen-bond donors (Lipinski definition) is 3. The van der Waals surface area contributed by atoms with E-state index in [2.05, 4.69) is 39.9 Å². The molecule has 7 nitrogen and oxygen atoms in total. The fourth-order valence-corrected chi connectivity index (χ4v) is 5.51. The average molecular weight is 508 g/mol. The molecule has 0 heterocycles. The maximum Gasteiger partial charge on any atom is 0.328 e. The number of hydrogen-bond acceptors (Lipinski definition) is 4. The minimum atomic E-state index is -3.69. The smallest absolute Gasteiger partial charge is 0.328 e. The molecule has 0 saturated heterocycles. The quantitative estimate of drug-likeness (QED) is 0.0946. The van der Waals surface area contributed by atoms with E-state index in [0.717, 1.165) is 69.2 Å². The Morgan fingerprint density at radius 3 is 2.06 bits per heavy atom. The number of likely N-dealkylation sites (N-methyl/N-ethyl adjacent to an activating group) is 1. The predicted molar refractivity (Wildman–Crippen MR) is 142 cm³/mol. The zero-order valence-corrected chi connectivity index (χ0v) is 23.8. The fraction of sp³-hybridized carbons (Fsp3) is 0.962. The Hall–Kier alpha value is -0.460. The van der Waals surface area contributed by atoms with Gasteiger partial charge in [0.25, 0.3) is 0 Å². The average Bonchev–Trinajstić information content (AvgIpc) is 2.81. The first-order valence-corrected chi connectivity index (χ1v) is 15.7. The van der Waals surface area contributed by atoms with E-state index in [1.54, 1.807) is 0 Å². The molecule has 0 aromatic rings. The number of unbranched alkanes of at least 4 members (excludes halogenated alkanes) is 6. The summed E-state index contributed by atoms with van der Waals surface area (Å²) in [6, 6.07) is -0.384. The summed E-state index contributed by atoms with van der Waals surface area (Å²) in [5.74, 6) is -0.0419. The summed E-state index contributed by atoms with van der Waals surface area (Å²) in [6.07, 6.45) is 9.87. The minimum Gasteiger partial charge on any atom is -0.391 e. The summed E-state index contributed by atoms with van der Waals surface area (Å²) in [4.78, 5) is 22.7. The highest BCUT2D eigenvalue weighted by molar-refractivity contribution is 7.52. The summed E-state index contributed by atoms with van der Waals surface area (Å²) in [7, 11) is -3.69. The molecule has 0 saturated carbocycles. The van der Waals surface area contributed by atoms with Crippen molar-refractivity contribution in [3.05, 3.63) is 0 Å². The highest BCUT2D eigenvalue weighted by atomic mass is 31.2. The van der Waals surface area contributed by atoms with E-state index in [9.17, 15) is 19.4 Å². The van der Waals surface area contributed by atoms with Crippen molar-refractivity contribution >= 4 is 13.5 Å². The Bertz CT molecular complexity index is 549. The molecule has 3 atom stereocenters. The van der Waals surface area contributed by atoms with Gasteiger partial charge in [-0.1, -0.05) is 58.8 Å². The Balaban J connectivity index is 4.70. The lowest BCUT2D eigenvalue weighted by Gasteiger charge is -2.35. The van der Waals surface area contributed by atoms with Crippen molar-refractivity contribution in [2.24, 2.45) is 0 Å². The number of rotatable bonds is 23. The SMILES string of the molecule is CCCCCCC[C@@H](O)[C@H](CCCP(=O)(O)OCC[N+](CC)(CC)CC)NC(=O)CCCCC. The van der Waals surface area contributed by atoms with Crippen molar-refractivity contribution in [2.45, 2.75) is 124 Å². The molecule has 34 heavy (non-hydrogen) atoms. The van der Waals surface area contributed by atoms with Crippen LogP contribution in [0, 0.1) is 0 Å². The number of amides is 1. The molecule has 0 radical (unpaired) electrons. The van der Waals surface area contributed by atoms with Gasteiger partial charge < -0.3 is 24.3 Å². The molecule has 0 aromatic carbocycles. The van der Waals surface area contributed by atoms with Crippen LogP contribution >= 0.6 is 7.60 Å². The maximum atomic E-state index is 12.6. The first kappa shape index (κ1) is 33.5. The Kier molecular flexibility index (Phi) is 19.4. The number of quaternary nitrogens is 1. The van der Waals surface area contributed by atoms with Crippen molar-refractivity contribution in [1.82, 2.24) is 5.32 Å². The zero-order valence-electron chi connectivity index (χ0n) is 22.9. The van der Waals surface area contributed by atoms with E-state index in [-0.39, 0.29) is 24.7 Å². The van der Waals surface area contributed by atoms with Gasteiger partial charge in [0.05, 0.1) is 37.9 Å². The molecule has 0 bridgehead atoms. The van der Waals surface area contributed by atoms with Gasteiger partial charge in [-0.3, -0.25) is 9.36 Å². The highest BCUT2D eigenvalue weighted by Crippen LogP contribution is 2.43. The summed E-state index contributed by atoms with van der Waals surface area (Å²) < 4.78 is 18.9. The van der Waals surface area contributed by atoms with Gasteiger partial charge in [0.1, 0.15) is 13.2 Å². The van der Waals surface area contributed by atoms with Crippen LogP contribution in [0.1, 0.15) is 112 Å². The Morgan fingerprint density at radius 1 is 0.882 bits per heavy atom. The van der Waals surface area contributed by atoms with Gasteiger partial charge in [-0.05, 0) is 46.5 Å². The summed E-state index contributed by atoms with van der Waals surface area (Å²) >= 11 is 0. The van der Waals surface area contributed by atoms with Gasteiger partial charge in [0.2, 0.25) is 5.91 Å². The largest absolute Gasteiger partial charge is 0.391 e. The third-order valence-electron chi connectivity index (χ3n) is 7.25. The molecule has 1 amide bonds. The predicted octanol–water partition coefficient (Wildman–Crippen LogP) is 5.63. The Morgan fingerprint density at radius 2 is 1.47 bits per heavy atom. The molecule has 204 valence electrons. The number of nitrogens with zero attached hydrogens (tertiary/aromatic N) is 1. The summed E-state index contributed by atoms with van der Waals surface area (Å²) in [5.41, 5.74) is 0. The minimum absolute atomic E-state index is 0.0419. The van der Waals surface area contributed by atoms with Crippen LogP contribution in [-0.2, 0) is 13.9 Å². The maximum absolute atomic E-state index is 12.6. The van der Waals surface area contributed by atoms with Crippen molar-refractivity contribution in [1.29, 1.82) is 0 Å². The number of carbonyl (C=O) groups is 1. The topological polar surface area (TPSA) is 95.9 Å². The second kappa shape index (κ2) is 19.7. The number of aliphatic hydroxyl groups excluding tert-OH is 1. The van der Waals surface area contributed by atoms with Gasteiger partial charge in [0.15, 0.2) is 0 Å². The van der Waals surface area contributed by atoms with Crippen molar-refractivity contribution in [3.63, 3.8) is 0 Å². The lowest BCUT2D eigenvalue weighted by molar-refractivity contribution is -0.923. The van der Waals surface area contributed by atoms with E-state index in [0.29, 0.717) is 25.7 Å². The van der Waals surface area contributed by atoms with E-state index in [1.165, 1.54) is 12.8 Å². The molecule has 1 unspecified atom stereocenters. The fourth-order valence-electron chi connectivity index (χ4n) is 4.43. The molecule has 0 spiro atoms. The molecule has 0 aliphatic heterocycles. The highest BCUT2D eigenvalue weighted by Gasteiger charge is 2.26. The number of aliphatic hydroxyl groups is 1. The second-order valence-electron chi connectivity index (χ2n) is 9.75. The van der Waals surface area contributed by atoms with Gasteiger partial charge in [-0.25, -0.2) is 0 Å². The zero-order chi connectivity index (χ0) is 25.9. The van der Waals surface area contributed by atoms with Gasteiger partial charge in [-0.2, -0.15) is 0 Å². The first-order valence-electron chi connectivity index (χ1n) is 14.0. The number of carbonyl (C=O) groups excluding carboxylic acids is 1. The summed E-state index contributed by atoms with van der Waals surface area (Å²) in [5, 5.41) is 13.7. The lowest BCUT2D eigenvalue weighted by Crippen LogP contribution is -2.49. The van der Waals surface area contributed by atoms with Crippen molar-refractivity contribution < 1.29 is 28.4 Å². The van der Waals surface area contributed by atoms with Crippen molar-refractivity contribution in [3.8, 4) is 0 Å². The van der Waals surface area contributed by atoms with E-state index >= 15 is 0 Å². The number of nitrogens with one attached hydrogen (secondary N) is 1. The van der Waals surface area contributed by atoms with Crippen LogP contribution in [0.2, 0.25) is 0 Å². The normalized spacial score (nSPS) is 15.6. The van der Waals surface area contributed by atoms with Gasteiger partial charge in [0, 0.05) is 6.42 Å². The molecule has 0 aromatic heterocycles. The standard InChI is InChI=1S/C26H55N2O5P/c1-6-11-13-14-16-19-25(29)24(27-26(30)20-15-12-7-2)18-17-23-34(31,32)33-22-21-28(8-3,9-4)10-5/h24-25,29H,6-23H2,1-5H3,(H-,27,30,31,32)/p+1/t24-,25+/m0/s1. The monoisotopic (exact) mass is 507 g/mol. The summed E-state index contributed by atoms with van der Waals surface area (Å²) in [6.45, 7) is 14.6. The van der Waals surface area contributed by atoms with E-state index in [1.807, 2.05) is 0 Å². The second-order valence-corrected chi connectivity index (χ2v) is 11.7. The van der Waals surface area contributed by atoms with Crippen LogP contribution in [0.4, 0.5) is 0 Å². The third-order valence-corrected chi connectivity index (χ3v) is 8.72. The lowest BCUT2D eigenvalue weighted by atomic mass is 9.99. The molecule has 0 aliphatic carbocycles. The van der Waals surface area contributed by atoms with E-state index < -0.39 is 13.7 Å². The molecule has 0 fully saturated rings. The van der Waals surface area contributed by atoms with Crippen LogP contribution in [0.15, 0.2) is 0 Å². The van der Waals surface area contributed by atoms with Crippen LogP contribution < -0.4 is 5.32 Å². The molecular formula is C26H56N2O5P+. The van der Waals surface area contributed by atoms with Crippen molar-refractivity contribution in [2.75, 3.05) is 38.9 Å². The first-order chi connectivity index (χ1) is 16.2. The van der Waals surface area contributed by atoms with Crippen LogP contribution in [-0.4, -0.2) is 71.5 Å². The molecule has 0 aliphatic rings. The Labute approximate surface area is 210 Å². The van der Waals surface area contributed by atoms with Crippen LogP contribution in [0.3, 0.4) is 0 Å². The third kappa shape index (κ3) is 15.5. The molecule has 3 N–H and O–H groups in total.